The van der Waals surface area contributed by atoms with Crippen molar-refractivity contribution in [3.05, 3.63) is 0 Å². The molecule has 2 N–H and O–H groups in total. The number of carbonyl (C=O) groups excluding carboxylic acids is 1. The summed E-state index contributed by atoms with van der Waals surface area (Å²) < 4.78 is 0. The van der Waals surface area contributed by atoms with Crippen LogP contribution >= 0.6 is 11.8 Å². The zero-order valence-electron chi connectivity index (χ0n) is 10.6. The van der Waals surface area contributed by atoms with E-state index in [9.17, 15) is 9.59 Å². The summed E-state index contributed by atoms with van der Waals surface area (Å²) in [4.78, 5) is 22.7. The van der Waals surface area contributed by atoms with E-state index in [1.165, 1.54) is 11.5 Å². The first-order chi connectivity index (χ1) is 8.65. The van der Waals surface area contributed by atoms with Crippen LogP contribution in [0, 0.1) is 11.8 Å². The molecule has 1 amide bonds. The number of hydrogen-bond donors (Lipinski definition) is 2. The van der Waals surface area contributed by atoms with Crippen LogP contribution in [0.25, 0.3) is 0 Å². The monoisotopic (exact) mass is 271 g/mol. The first-order valence-electron chi connectivity index (χ1n) is 6.75. The molecule has 4 nitrogen and oxygen atoms in total. The van der Waals surface area contributed by atoms with E-state index >= 15 is 0 Å². The molecule has 0 spiro atoms. The second-order valence-electron chi connectivity index (χ2n) is 5.37. The minimum absolute atomic E-state index is 0.0802. The summed E-state index contributed by atoms with van der Waals surface area (Å²) in [6.07, 6.45) is 5.00. The Bertz CT molecular complexity index is 315. The molecular formula is C13H21NO3S. The van der Waals surface area contributed by atoms with Crippen LogP contribution in [0.2, 0.25) is 0 Å². The number of carbonyl (C=O) groups is 2. The molecule has 1 saturated carbocycles. The normalized spacial score (nSPS) is 29.1. The smallest absolute Gasteiger partial charge is 0.306 e. The van der Waals surface area contributed by atoms with Crippen molar-refractivity contribution in [3.8, 4) is 0 Å². The van der Waals surface area contributed by atoms with Gasteiger partial charge >= 0.3 is 5.97 Å². The Morgan fingerprint density at radius 2 is 1.89 bits per heavy atom. The molecule has 1 heterocycles. The summed E-state index contributed by atoms with van der Waals surface area (Å²) in [5.41, 5.74) is 0. The largest absolute Gasteiger partial charge is 0.481 e. The van der Waals surface area contributed by atoms with Crippen LogP contribution in [0.3, 0.4) is 0 Å². The van der Waals surface area contributed by atoms with Gasteiger partial charge in [0.25, 0.3) is 0 Å². The zero-order chi connectivity index (χ0) is 13.0. The molecular weight excluding hydrogens is 250 g/mol. The van der Waals surface area contributed by atoms with Crippen molar-refractivity contribution in [3.63, 3.8) is 0 Å². The number of nitrogens with one attached hydrogen (secondary N) is 1. The molecule has 2 rings (SSSR count). The van der Waals surface area contributed by atoms with Crippen LogP contribution in [0.4, 0.5) is 0 Å². The molecule has 1 aliphatic carbocycles. The molecule has 0 radical (unpaired) electrons. The molecule has 1 aliphatic heterocycles. The predicted molar refractivity (Wildman–Crippen MR) is 71.6 cm³/mol. The van der Waals surface area contributed by atoms with E-state index in [1.54, 1.807) is 0 Å². The van der Waals surface area contributed by atoms with Gasteiger partial charge in [-0.2, -0.15) is 11.8 Å². The molecule has 2 atom stereocenters. The molecule has 102 valence electrons. The van der Waals surface area contributed by atoms with Gasteiger partial charge in [0.05, 0.1) is 5.92 Å². The molecule has 0 aromatic rings. The minimum Gasteiger partial charge on any atom is -0.481 e. The molecule has 0 aromatic carbocycles. The fraction of sp³-hybridized carbons (Fsp3) is 0.846. The fourth-order valence-electron chi connectivity index (χ4n) is 2.84. The van der Waals surface area contributed by atoms with E-state index in [1.807, 2.05) is 11.8 Å². The Balaban J connectivity index is 1.69. The molecule has 18 heavy (non-hydrogen) atoms. The van der Waals surface area contributed by atoms with E-state index in [4.69, 9.17) is 5.11 Å². The van der Waals surface area contributed by atoms with Crippen molar-refractivity contribution in [2.75, 3.05) is 11.5 Å². The Morgan fingerprint density at radius 3 is 2.50 bits per heavy atom. The van der Waals surface area contributed by atoms with Crippen molar-refractivity contribution in [1.82, 2.24) is 5.32 Å². The molecule has 0 bridgehead atoms. The second kappa shape index (κ2) is 6.45. The highest BCUT2D eigenvalue weighted by atomic mass is 32.2. The van der Waals surface area contributed by atoms with Gasteiger partial charge in [-0.05, 0) is 49.5 Å². The lowest BCUT2D eigenvalue weighted by Crippen LogP contribution is -2.34. The quantitative estimate of drug-likeness (QED) is 0.819. The van der Waals surface area contributed by atoms with Gasteiger partial charge in [-0.3, -0.25) is 9.59 Å². The summed E-state index contributed by atoms with van der Waals surface area (Å²) in [5.74, 6) is 1.99. The number of aliphatic carboxylic acids is 1. The van der Waals surface area contributed by atoms with Crippen LogP contribution in [0.5, 0.6) is 0 Å². The van der Waals surface area contributed by atoms with Gasteiger partial charge in [-0.25, -0.2) is 0 Å². The van der Waals surface area contributed by atoms with Gasteiger partial charge in [0, 0.05) is 12.5 Å². The number of hydrogen-bond acceptors (Lipinski definition) is 3. The Kier molecular flexibility index (Phi) is 4.92. The standard InChI is InChI=1S/C13H21NO3S/c15-12(7-9-3-5-18-6-4-9)14-11-2-1-10(8-11)13(16)17/h9-11H,1-8H2,(H,14,15)(H,16,17). The van der Waals surface area contributed by atoms with E-state index < -0.39 is 5.97 Å². The number of carboxylic acid groups (broad SMARTS) is 1. The molecule has 2 aliphatic rings. The lowest BCUT2D eigenvalue weighted by atomic mass is 9.98. The van der Waals surface area contributed by atoms with Crippen molar-refractivity contribution in [1.29, 1.82) is 0 Å². The number of thioether (sulfide) groups is 1. The maximum atomic E-state index is 11.9. The lowest BCUT2D eigenvalue weighted by molar-refractivity contribution is -0.141. The summed E-state index contributed by atoms with van der Waals surface area (Å²) in [6, 6.07) is 0.0802. The number of carboxylic acids is 1. The summed E-state index contributed by atoms with van der Waals surface area (Å²) in [5, 5.41) is 11.9. The topological polar surface area (TPSA) is 66.4 Å². The average molecular weight is 271 g/mol. The van der Waals surface area contributed by atoms with Gasteiger partial charge in [0.1, 0.15) is 0 Å². The van der Waals surface area contributed by atoms with Gasteiger partial charge in [-0.1, -0.05) is 0 Å². The van der Waals surface area contributed by atoms with Crippen LogP contribution in [0.15, 0.2) is 0 Å². The SMILES string of the molecule is O=C(CC1CCSCC1)NC1CCC(C(=O)O)C1. The molecule has 5 heteroatoms. The van der Waals surface area contributed by atoms with Crippen molar-refractivity contribution >= 4 is 23.6 Å². The van der Waals surface area contributed by atoms with Crippen molar-refractivity contribution < 1.29 is 14.7 Å². The van der Waals surface area contributed by atoms with E-state index in [-0.39, 0.29) is 17.9 Å². The van der Waals surface area contributed by atoms with Crippen LogP contribution < -0.4 is 5.32 Å². The first-order valence-corrected chi connectivity index (χ1v) is 7.90. The number of rotatable bonds is 4. The second-order valence-corrected chi connectivity index (χ2v) is 6.60. The third-order valence-corrected chi connectivity index (χ3v) is 5.01. The predicted octanol–water partition coefficient (Wildman–Crippen LogP) is 1.89. The van der Waals surface area contributed by atoms with E-state index in [2.05, 4.69) is 5.32 Å². The maximum absolute atomic E-state index is 11.9. The molecule has 1 saturated heterocycles. The van der Waals surface area contributed by atoms with Gasteiger partial charge < -0.3 is 10.4 Å². The fourth-order valence-corrected chi connectivity index (χ4v) is 4.04. The van der Waals surface area contributed by atoms with Gasteiger partial charge in [0.2, 0.25) is 5.91 Å². The van der Waals surface area contributed by atoms with Gasteiger partial charge in [-0.15, -0.1) is 0 Å². The maximum Gasteiger partial charge on any atom is 0.306 e. The number of amides is 1. The molecule has 0 aromatic heterocycles. The third-order valence-electron chi connectivity index (χ3n) is 3.96. The summed E-state index contributed by atoms with van der Waals surface area (Å²) in [6.45, 7) is 0. The van der Waals surface area contributed by atoms with Crippen LogP contribution in [-0.4, -0.2) is 34.5 Å². The van der Waals surface area contributed by atoms with Crippen molar-refractivity contribution in [2.24, 2.45) is 11.8 Å². The Morgan fingerprint density at radius 1 is 1.17 bits per heavy atom. The van der Waals surface area contributed by atoms with E-state index in [0.717, 1.165) is 19.3 Å². The summed E-state index contributed by atoms with van der Waals surface area (Å²) in [7, 11) is 0. The third kappa shape index (κ3) is 3.90. The Labute approximate surface area is 112 Å². The minimum atomic E-state index is -0.726. The molecule has 2 unspecified atom stereocenters. The van der Waals surface area contributed by atoms with Crippen LogP contribution in [-0.2, 0) is 9.59 Å². The highest BCUT2D eigenvalue weighted by Crippen LogP contribution is 2.27. The van der Waals surface area contributed by atoms with Crippen LogP contribution in [0.1, 0.15) is 38.5 Å². The molecule has 2 fully saturated rings. The zero-order valence-corrected chi connectivity index (χ0v) is 11.4. The highest BCUT2D eigenvalue weighted by Gasteiger charge is 2.30. The summed E-state index contributed by atoms with van der Waals surface area (Å²) >= 11 is 1.97. The Hall–Kier alpha value is -0.710. The highest BCUT2D eigenvalue weighted by molar-refractivity contribution is 7.99. The lowest BCUT2D eigenvalue weighted by Gasteiger charge is -2.21. The van der Waals surface area contributed by atoms with Gasteiger partial charge in [0.15, 0.2) is 0 Å². The van der Waals surface area contributed by atoms with Crippen molar-refractivity contribution in [2.45, 2.75) is 44.6 Å². The first kappa shape index (κ1) is 13.7. The average Bonchev–Trinajstić information content (AvgIpc) is 2.78. The van der Waals surface area contributed by atoms with E-state index in [0.29, 0.717) is 25.2 Å².